The second-order valence-corrected chi connectivity index (χ2v) is 9.52. The van der Waals surface area contributed by atoms with Crippen molar-refractivity contribution in [1.82, 2.24) is 19.8 Å². The lowest BCUT2D eigenvalue weighted by Crippen LogP contribution is -2.31. The number of aryl methyl sites for hydroxylation is 1. The molecule has 0 saturated heterocycles. The number of carbonyl (C=O) groups is 1. The van der Waals surface area contributed by atoms with E-state index in [0.717, 1.165) is 35.4 Å². The van der Waals surface area contributed by atoms with Crippen LogP contribution in [0.3, 0.4) is 0 Å². The highest BCUT2D eigenvalue weighted by Gasteiger charge is 2.20. The molecule has 0 radical (unpaired) electrons. The Balaban J connectivity index is 1.39. The van der Waals surface area contributed by atoms with Gasteiger partial charge in [-0.2, -0.15) is 5.10 Å². The average Bonchev–Trinajstić information content (AvgIpc) is 3.19. The molecule has 0 atom stereocenters. The van der Waals surface area contributed by atoms with E-state index in [1.807, 2.05) is 35.1 Å². The van der Waals surface area contributed by atoms with Crippen LogP contribution in [0.15, 0.2) is 59.6 Å². The van der Waals surface area contributed by atoms with E-state index in [9.17, 15) is 4.79 Å². The Morgan fingerprint density at radius 2 is 1.88 bits per heavy atom. The normalized spacial score (nSPS) is 14.3. The number of benzene rings is 2. The first-order chi connectivity index (χ1) is 15.5. The second kappa shape index (κ2) is 10.7. The third-order valence-electron chi connectivity index (χ3n) is 5.13. The van der Waals surface area contributed by atoms with Gasteiger partial charge in [0.15, 0.2) is 0 Å². The molecule has 166 valence electrons. The van der Waals surface area contributed by atoms with Crippen LogP contribution in [-0.4, -0.2) is 22.4 Å². The molecule has 0 saturated carbocycles. The second-order valence-electron chi connectivity index (χ2n) is 7.36. The molecular weight excluding hydrogens is 487 g/mol. The number of hydrogen-bond acceptors (Lipinski definition) is 3. The van der Waals surface area contributed by atoms with Gasteiger partial charge in [0.25, 0.3) is 0 Å². The highest BCUT2D eigenvalue weighted by Crippen LogP contribution is 2.32. The molecular formula is C23H21Cl3N4OS. The first-order valence-corrected chi connectivity index (χ1v) is 12.1. The summed E-state index contributed by atoms with van der Waals surface area (Å²) < 4.78 is 4.75. The zero-order chi connectivity index (χ0) is 22.5. The number of allylic oxidation sites excluding steroid dienone is 1. The summed E-state index contributed by atoms with van der Waals surface area (Å²) in [6.07, 6.45) is 6.98. The Morgan fingerprint density at radius 1 is 1.09 bits per heavy atom. The van der Waals surface area contributed by atoms with Crippen LogP contribution < -0.4 is 10.0 Å². The lowest BCUT2D eigenvalue weighted by molar-refractivity contribution is 0.247. The minimum Gasteiger partial charge on any atom is -0.334 e. The molecule has 4 rings (SSSR count). The van der Waals surface area contributed by atoms with Gasteiger partial charge in [-0.1, -0.05) is 46.9 Å². The van der Waals surface area contributed by atoms with E-state index in [2.05, 4.69) is 21.2 Å². The number of aromatic nitrogens is 2. The SMILES string of the molecule is O=C(NC/C=C1\CCCc2cnn(Cc3ccc(Cl)cc3Cl)c21)NSc1ccc(Cl)cc1. The van der Waals surface area contributed by atoms with E-state index in [-0.39, 0.29) is 6.03 Å². The smallest absolute Gasteiger partial charge is 0.325 e. The van der Waals surface area contributed by atoms with Crippen molar-refractivity contribution in [3.8, 4) is 0 Å². The number of urea groups is 1. The first kappa shape index (κ1) is 23.1. The van der Waals surface area contributed by atoms with Crippen molar-refractivity contribution in [1.29, 1.82) is 0 Å². The summed E-state index contributed by atoms with van der Waals surface area (Å²) in [5.74, 6) is 0. The Hall–Kier alpha value is -2.12. The van der Waals surface area contributed by atoms with Gasteiger partial charge in [0.2, 0.25) is 0 Å². The van der Waals surface area contributed by atoms with Gasteiger partial charge in [-0.05, 0) is 84.3 Å². The minimum atomic E-state index is -0.251. The molecule has 2 N–H and O–H groups in total. The predicted molar refractivity (Wildman–Crippen MR) is 133 cm³/mol. The quantitative estimate of drug-likeness (QED) is 0.369. The van der Waals surface area contributed by atoms with Gasteiger partial charge in [-0.25, -0.2) is 4.79 Å². The van der Waals surface area contributed by atoms with Crippen molar-refractivity contribution in [2.45, 2.75) is 30.7 Å². The number of fused-ring (bicyclic) bond motifs is 1. The topological polar surface area (TPSA) is 59.0 Å². The number of halogens is 3. The van der Waals surface area contributed by atoms with E-state index >= 15 is 0 Å². The molecule has 2 amide bonds. The van der Waals surface area contributed by atoms with Crippen molar-refractivity contribution < 1.29 is 4.79 Å². The predicted octanol–water partition coefficient (Wildman–Crippen LogP) is 6.62. The molecule has 0 unspecified atom stereocenters. The molecule has 32 heavy (non-hydrogen) atoms. The molecule has 3 aromatic rings. The zero-order valence-corrected chi connectivity index (χ0v) is 20.2. The highest BCUT2D eigenvalue weighted by molar-refractivity contribution is 7.98. The first-order valence-electron chi connectivity index (χ1n) is 10.1. The Bertz CT molecular complexity index is 1140. The fourth-order valence-corrected chi connectivity index (χ4v) is 4.76. The monoisotopic (exact) mass is 506 g/mol. The van der Waals surface area contributed by atoms with Crippen LogP contribution >= 0.6 is 46.8 Å². The van der Waals surface area contributed by atoms with E-state index < -0.39 is 0 Å². The van der Waals surface area contributed by atoms with Gasteiger partial charge >= 0.3 is 6.03 Å². The van der Waals surface area contributed by atoms with Crippen molar-refractivity contribution in [3.05, 3.63) is 86.6 Å². The molecule has 0 aliphatic heterocycles. The molecule has 1 aliphatic rings. The molecule has 9 heteroatoms. The molecule has 1 aliphatic carbocycles. The lowest BCUT2D eigenvalue weighted by atomic mass is 9.92. The molecule has 1 heterocycles. The summed E-state index contributed by atoms with van der Waals surface area (Å²) in [6, 6.07) is 12.5. The van der Waals surface area contributed by atoms with Crippen LogP contribution in [0.5, 0.6) is 0 Å². The number of nitrogens with one attached hydrogen (secondary N) is 2. The summed E-state index contributed by atoms with van der Waals surface area (Å²) in [6.45, 7) is 0.989. The largest absolute Gasteiger partial charge is 0.334 e. The number of hydrogen-bond donors (Lipinski definition) is 2. The third kappa shape index (κ3) is 5.81. The van der Waals surface area contributed by atoms with Crippen molar-refractivity contribution in [2.75, 3.05) is 6.54 Å². The van der Waals surface area contributed by atoms with E-state index in [1.54, 1.807) is 18.2 Å². The Morgan fingerprint density at radius 3 is 2.66 bits per heavy atom. The van der Waals surface area contributed by atoms with Crippen LogP contribution in [0.25, 0.3) is 5.57 Å². The molecule has 5 nitrogen and oxygen atoms in total. The van der Waals surface area contributed by atoms with E-state index in [4.69, 9.17) is 34.8 Å². The van der Waals surface area contributed by atoms with Crippen LogP contribution in [0.4, 0.5) is 4.79 Å². The van der Waals surface area contributed by atoms with Gasteiger partial charge < -0.3 is 5.32 Å². The van der Waals surface area contributed by atoms with Crippen LogP contribution in [0, 0.1) is 0 Å². The summed E-state index contributed by atoms with van der Waals surface area (Å²) in [4.78, 5) is 13.1. The van der Waals surface area contributed by atoms with Crippen molar-refractivity contribution in [3.63, 3.8) is 0 Å². The fourth-order valence-electron chi connectivity index (χ4n) is 3.61. The number of carbonyl (C=O) groups excluding carboxylic acids is 1. The molecule has 1 aromatic heterocycles. The Kier molecular flexibility index (Phi) is 7.68. The maximum atomic E-state index is 12.2. The van der Waals surface area contributed by atoms with Gasteiger partial charge in [-0.3, -0.25) is 9.40 Å². The van der Waals surface area contributed by atoms with Crippen molar-refractivity contribution >= 4 is 58.4 Å². The molecule has 2 aromatic carbocycles. The van der Waals surface area contributed by atoms with Crippen LogP contribution in [-0.2, 0) is 13.0 Å². The van der Waals surface area contributed by atoms with E-state index in [1.165, 1.54) is 23.1 Å². The lowest BCUT2D eigenvalue weighted by Gasteiger charge is -2.18. The van der Waals surface area contributed by atoms with Crippen LogP contribution in [0.1, 0.15) is 29.7 Å². The summed E-state index contributed by atoms with van der Waals surface area (Å²) in [5.41, 5.74) is 4.47. The standard InChI is InChI=1S/C23H21Cl3N4OS/c24-18-6-8-20(9-7-18)32-29-23(31)27-11-10-15-2-1-3-16-13-28-30(22(15)16)14-17-4-5-19(25)12-21(17)26/h4-10,12-13H,1-3,11,14H2,(H2,27,29,31)/b15-10+. The van der Waals surface area contributed by atoms with Gasteiger partial charge in [0.1, 0.15) is 0 Å². The van der Waals surface area contributed by atoms with Gasteiger partial charge in [0, 0.05) is 26.5 Å². The third-order valence-corrected chi connectivity index (χ3v) is 6.77. The summed E-state index contributed by atoms with van der Waals surface area (Å²) >= 11 is 19.5. The molecule has 0 spiro atoms. The summed E-state index contributed by atoms with van der Waals surface area (Å²) in [5, 5.41) is 9.37. The molecule has 0 fully saturated rings. The number of rotatable bonds is 6. The number of nitrogens with zero attached hydrogens (tertiary/aromatic N) is 2. The zero-order valence-electron chi connectivity index (χ0n) is 17.1. The maximum Gasteiger partial charge on any atom is 0.325 e. The van der Waals surface area contributed by atoms with Gasteiger partial charge in [0.05, 0.1) is 18.4 Å². The van der Waals surface area contributed by atoms with Gasteiger partial charge in [-0.15, -0.1) is 0 Å². The van der Waals surface area contributed by atoms with E-state index in [0.29, 0.717) is 28.2 Å². The average molecular weight is 508 g/mol. The van der Waals surface area contributed by atoms with Crippen LogP contribution in [0.2, 0.25) is 15.1 Å². The number of amides is 2. The summed E-state index contributed by atoms with van der Waals surface area (Å²) in [7, 11) is 0. The molecule has 0 bridgehead atoms. The van der Waals surface area contributed by atoms with Crippen molar-refractivity contribution in [2.24, 2.45) is 0 Å². The minimum absolute atomic E-state index is 0.251. The fraction of sp³-hybridized carbons (Fsp3) is 0.217. The maximum absolute atomic E-state index is 12.2. The highest BCUT2D eigenvalue weighted by atomic mass is 35.5. The Labute approximate surface area is 206 Å².